The second kappa shape index (κ2) is 9.43. The van der Waals surface area contributed by atoms with E-state index in [0.29, 0.717) is 18.0 Å². The first-order valence-electron chi connectivity index (χ1n) is 9.11. The monoisotopic (exact) mass is 384 g/mol. The number of rotatable bonds is 9. The van der Waals surface area contributed by atoms with Crippen molar-refractivity contribution in [3.63, 3.8) is 0 Å². The van der Waals surface area contributed by atoms with Gasteiger partial charge < -0.3 is 9.84 Å². The number of thiazole rings is 1. The van der Waals surface area contributed by atoms with Gasteiger partial charge in [0, 0.05) is 23.6 Å². The number of amides is 1. The number of carbonyl (C=O) groups is 1. The van der Waals surface area contributed by atoms with Gasteiger partial charge in [-0.25, -0.2) is 4.98 Å². The van der Waals surface area contributed by atoms with Gasteiger partial charge >= 0.3 is 0 Å². The molecular weight excluding hydrogens is 360 g/mol. The molecule has 0 atom stereocenters. The Morgan fingerprint density at radius 3 is 2.70 bits per heavy atom. The maximum Gasteiger partial charge on any atom is 0.226 e. The minimum absolute atomic E-state index is 0.0941. The Kier molecular flexibility index (Phi) is 6.73. The summed E-state index contributed by atoms with van der Waals surface area (Å²) in [5.41, 5.74) is 2.62. The Labute approximate surface area is 163 Å². The van der Waals surface area contributed by atoms with Gasteiger partial charge in [-0.15, -0.1) is 11.3 Å². The van der Waals surface area contributed by atoms with Gasteiger partial charge in [-0.05, 0) is 13.1 Å². The molecule has 142 valence electrons. The molecule has 27 heavy (non-hydrogen) atoms. The van der Waals surface area contributed by atoms with Crippen LogP contribution in [0.5, 0.6) is 0 Å². The summed E-state index contributed by atoms with van der Waals surface area (Å²) in [6.45, 7) is 7.57. The largest absolute Gasteiger partial charge is 0.356 e. The first-order chi connectivity index (χ1) is 13.2. The molecule has 0 radical (unpaired) electrons. The topological polar surface area (TPSA) is 71.3 Å². The second-order valence-electron chi connectivity index (χ2n) is 6.20. The molecule has 0 fully saturated rings. The van der Waals surface area contributed by atoms with Crippen molar-refractivity contribution in [1.82, 2.24) is 20.4 Å². The van der Waals surface area contributed by atoms with E-state index in [1.54, 1.807) is 17.4 Å². The lowest BCUT2D eigenvalue weighted by Gasteiger charge is -2.15. The number of nitrogens with zero attached hydrogens (tertiary/aromatic N) is 3. The van der Waals surface area contributed by atoms with Crippen LogP contribution in [0.4, 0.5) is 0 Å². The van der Waals surface area contributed by atoms with Gasteiger partial charge in [-0.1, -0.05) is 49.3 Å². The molecular formula is C20H24N4O2S. The van der Waals surface area contributed by atoms with Crippen LogP contribution >= 0.6 is 11.3 Å². The summed E-state index contributed by atoms with van der Waals surface area (Å²) < 4.78 is 5.33. The van der Waals surface area contributed by atoms with E-state index >= 15 is 0 Å². The van der Waals surface area contributed by atoms with Crippen LogP contribution in [0.2, 0.25) is 0 Å². The van der Waals surface area contributed by atoms with Crippen LogP contribution in [0.15, 0.2) is 46.3 Å². The molecule has 3 aromatic rings. The average molecular weight is 385 g/mol. The zero-order chi connectivity index (χ0) is 19.1. The van der Waals surface area contributed by atoms with Crippen molar-refractivity contribution in [1.29, 1.82) is 0 Å². The van der Waals surface area contributed by atoms with Crippen molar-refractivity contribution in [3.8, 4) is 11.3 Å². The third-order valence-electron chi connectivity index (χ3n) is 4.28. The number of carbonyl (C=O) groups excluding carboxylic acids is 1. The molecule has 7 heteroatoms. The van der Waals surface area contributed by atoms with E-state index in [1.807, 2.05) is 30.3 Å². The molecule has 6 nitrogen and oxygen atoms in total. The zero-order valence-electron chi connectivity index (χ0n) is 15.6. The number of hydrogen-bond acceptors (Lipinski definition) is 6. The van der Waals surface area contributed by atoms with Crippen molar-refractivity contribution in [2.45, 2.75) is 33.4 Å². The second-order valence-corrected chi connectivity index (χ2v) is 7.14. The molecule has 2 heterocycles. The molecule has 1 amide bonds. The number of aromatic nitrogens is 2. The fraction of sp³-hybridized carbons (Fsp3) is 0.350. The molecule has 3 rings (SSSR count). The first-order valence-corrected chi connectivity index (χ1v) is 9.99. The van der Waals surface area contributed by atoms with Gasteiger partial charge in [0.05, 0.1) is 24.4 Å². The summed E-state index contributed by atoms with van der Waals surface area (Å²) in [4.78, 5) is 19.1. The fourth-order valence-corrected chi connectivity index (χ4v) is 3.44. The van der Waals surface area contributed by atoms with Crippen molar-refractivity contribution < 1.29 is 9.32 Å². The lowest BCUT2D eigenvalue weighted by Crippen LogP contribution is -2.25. The summed E-state index contributed by atoms with van der Waals surface area (Å²) >= 11 is 1.58. The van der Waals surface area contributed by atoms with Crippen molar-refractivity contribution in [3.05, 3.63) is 58.2 Å². The highest BCUT2D eigenvalue weighted by atomic mass is 32.1. The Hall–Kier alpha value is -2.51. The highest BCUT2D eigenvalue weighted by Gasteiger charge is 2.12. The normalized spacial score (nSPS) is 11.1. The van der Waals surface area contributed by atoms with Crippen LogP contribution in [0, 0.1) is 0 Å². The first kappa shape index (κ1) is 19.3. The minimum Gasteiger partial charge on any atom is -0.356 e. The fourth-order valence-electron chi connectivity index (χ4n) is 2.71. The molecule has 1 aromatic carbocycles. The molecule has 0 aliphatic heterocycles. The molecule has 0 aliphatic carbocycles. The Morgan fingerprint density at radius 2 is 1.96 bits per heavy atom. The van der Waals surface area contributed by atoms with Crippen molar-refractivity contribution in [2.75, 3.05) is 13.1 Å². The van der Waals surface area contributed by atoms with E-state index in [1.165, 1.54) is 0 Å². The summed E-state index contributed by atoms with van der Waals surface area (Å²) in [5.74, 6) is 0.572. The lowest BCUT2D eigenvalue weighted by atomic mass is 10.1. The summed E-state index contributed by atoms with van der Waals surface area (Å²) in [6, 6.07) is 11.5. The molecule has 1 N–H and O–H groups in total. The molecule has 0 saturated carbocycles. The highest BCUT2D eigenvalue weighted by Crippen LogP contribution is 2.20. The van der Waals surface area contributed by atoms with Gasteiger partial charge in [0.25, 0.3) is 0 Å². The predicted octanol–water partition coefficient (Wildman–Crippen LogP) is 3.50. The number of benzene rings is 1. The third kappa shape index (κ3) is 5.48. The third-order valence-corrected chi connectivity index (χ3v) is 5.17. The summed E-state index contributed by atoms with van der Waals surface area (Å²) in [5, 5.41) is 9.87. The van der Waals surface area contributed by atoms with Crippen LogP contribution in [-0.4, -0.2) is 34.0 Å². The van der Waals surface area contributed by atoms with Crippen LogP contribution in [0.3, 0.4) is 0 Å². The molecule has 0 bridgehead atoms. The van der Waals surface area contributed by atoms with E-state index in [9.17, 15) is 4.79 Å². The highest BCUT2D eigenvalue weighted by molar-refractivity contribution is 7.09. The quantitative estimate of drug-likeness (QED) is 0.611. The molecule has 0 unspecified atom stereocenters. The Morgan fingerprint density at radius 1 is 1.19 bits per heavy atom. The van der Waals surface area contributed by atoms with E-state index < -0.39 is 0 Å². The lowest BCUT2D eigenvalue weighted by molar-refractivity contribution is -0.120. The van der Waals surface area contributed by atoms with Gasteiger partial charge in [0.1, 0.15) is 5.01 Å². The van der Waals surface area contributed by atoms with Crippen LogP contribution in [0.1, 0.15) is 30.2 Å². The van der Waals surface area contributed by atoms with Gasteiger partial charge in [-0.3, -0.25) is 9.69 Å². The standard InChI is InChI=1S/C20H24N4O2S/c1-3-24(4-2)13-17-14-27-20(22-17)12-21-19(25)11-16-10-18(26-23-16)15-8-6-5-7-9-15/h5-10,14H,3-4,11-13H2,1-2H3,(H,21,25). The Bertz CT molecular complexity index is 856. The van der Waals surface area contributed by atoms with Crippen LogP contribution in [0.25, 0.3) is 11.3 Å². The van der Waals surface area contributed by atoms with Gasteiger partial charge in [-0.2, -0.15) is 0 Å². The van der Waals surface area contributed by atoms with E-state index in [0.717, 1.165) is 35.9 Å². The molecule has 0 aliphatic rings. The van der Waals surface area contributed by atoms with Crippen molar-refractivity contribution >= 4 is 17.2 Å². The maximum atomic E-state index is 12.2. The van der Waals surface area contributed by atoms with E-state index in [2.05, 4.69) is 39.6 Å². The molecule has 0 saturated heterocycles. The molecule has 2 aromatic heterocycles. The predicted molar refractivity (Wildman–Crippen MR) is 106 cm³/mol. The summed E-state index contributed by atoms with van der Waals surface area (Å²) in [7, 11) is 0. The van der Waals surface area contributed by atoms with E-state index in [4.69, 9.17) is 4.52 Å². The molecule has 0 spiro atoms. The van der Waals surface area contributed by atoms with Crippen molar-refractivity contribution in [2.24, 2.45) is 0 Å². The van der Waals surface area contributed by atoms with Gasteiger partial charge in [0.15, 0.2) is 5.76 Å². The van der Waals surface area contributed by atoms with Gasteiger partial charge in [0.2, 0.25) is 5.91 Å². The number of hydrogen-bond donors (Lipinski definition) is 1. The van der Waals surface area contributed by atoms with Crippen LogP contribution in [-0.2, 0) is 24.3 Å². The Balaban J connectivity index is 1.49. The zero-order valence-corrected chi connectivity index (χ0v) is 16.5. The number of nitrogens with one attached hydrogen (secondary N) is 1. The summed E-state index contributed by atoms with van der Waals surface area (Å²) in [6.07, 6.45) is 0.189. The average Bonchev–Trinajstić information content (AvgIpc) is 3.34. The SMILES string of the molecule is CCN(CC)Cc1csc(CNC(=O)Cc2cc(-c3ccccc3)on2)n1. The minimum atomic E-state index is -0.0941. The maximum absolute atomic E-state index is 12.2. The smallest absolute Gasteiger partial charge is 0.226 e. The van der Waals surface area contributed by atoms with Crippen LogP contribution < -0.4 is 5.32 Å². The van der Waals surface area contributed by atoms with E-state index in [-0.39, 0.29) is 12.3 Å².